The second-order valence-electron chi connectivity index (χ2n) is 10.4. The van der Waals surface area contributed by atoms with Crippen LogP contribution in [0.15, 0.2) is 103 Å². The van der Waals surface area contributed by atoms with Crippen molar-refractivity contribution < 1.29 is 38.5 Å². The highest BCUT2D eigenvalue weighted by atomic mass is 16.6. The van der Waals surface area contributed by atoms with Crippen molar-refractivity contribution in [2.75, 3.05) is 9.80 Å². The van der Waals surface area contributed by atoms with Crippen LogP contribution in [0.1, 0.15) is 41.4 Å². The Morgan fingerprint density at radius 2 is 0.833 bits per heavy atom. The molecule has 0 unspecified atom stereocenters. The SMILES string of the molecule is O=C1c2ccc(Oc3ccc([N+](=O)[O-])cc3)cc2C(=O)N1c1cccc(N2C(=O)c3ccc(Oc4ccc([N+](=O)[O-])cc4)cc3C2=O)n1. The van der Waals surface area contributed by atoms with Crippen molar-refractivity contribution in [3.05, 3.63) is 146 Å². The van der Waals surface area contributed by atoms with E-state index in [0.29, 0.717) is 0 Å². The summed E-state index contributed by atoms with van der Waals surface area (Å²) in [5, 5.41) is 21.8. The number of aromatic nitrogens is 1. The van der Waals surface area contributed by atoms with Crippen LogP contribution in [-0.2, 0) is 0 Å². The van der Waals surface area contributed by atoms with Crippen molar-refractivity contribution in [3.63, 3.8) is 0 Å². The van der Waals surface area contributed by atoms with Crippen LogP contribution in [0, 0.1) is 20.2 Å². The third-order valence-electron chi connectivity index (χ3n) is 7.46. The number of imide groups is 2. The van der Waals surface area contributed by atoms with Gasteiger partial charge in [-0.2, -0.15) is 0 Å². The standard InChI is InChI=1S/C33H17N5O10/c39-30-24-14-12-22(47-20-8-4-18(5-9-20)37(43)44)16-26(24)32(41)35(30)28-2-1-3-29(34-28)36-31(40)25-15-13-23(17-27(25)33(36)42)48-21-10-6-19(7-11-21)38(45)46/h1-17H. The zero-order valence-corrected chi connectivity index (χ0v) is 24.1. The number of hydrogen-bond acceptors (Lipinski definition) is 11. The summed E-state index contributed by atoms with van der Waals surface area (Å²) >= 11 is 0. The van der Waals surface area contributed by atoms with Gasteiger partial charge in [0.05, 0.1) is 32.1 Å². The Hall–Kier alpha value is -7.29. The van der Waals surface area contributed by atoms with Gasteiger partial charge in [0.1, 0.15) is 34.6 Å². The highest BCUT2D eigenvalue weighted by Crippen LogP contribution is 2.35. The number of carbonyl (C=O) groups excluding carboxylic acids is 4. The van der Waals surface area contributed by atoms with Crippen LogP contribution in [0.3, 0.4) is 0 Å². The van der Waals surface area contributed by atoms with E-state index in [-0.39, 0.29) is 68.3 Å². The molecule has 0 aliphatic carbocycles. The smallest absolute Gasteiger partial charge is 0.269 e. The van der Waals surface area contributed by atoms with Gasteiger partial charge < -0.3 is 9.47 Å². The zero-order valence-electron chi connectivity index (χ0n) is 24.1. The molecule has 15 nitrogen and oxygen atoms in total. The number of carbonyl (C=O) groups is 4. The molecule has 1 aromatic heterocycles. The second kappa shape index (κ2) is 11.3. The summed E-state index contributed by atoms with van der Waals surface area (Å²) in [7, 11) is 0. The number of anilines is 2. The molecule has 0 fully saturated rings. The van der Waals surface area contributed by atoms with Gasteiger partial charge in [0.15, 0.2) is 0 Å². The van der Waals surface area contributed by atoms with Crippen LogP contribution in [0.25, 0.3) is 0 Å². The zero-order chi connectivity index (χ0) is 33.7. The van der Waals surface area contributed by atoms with Crippen LogP contribution in [-0.4, -0.2) is 38.5 Å². The molecule has 3 heterocycles. The van der Waals surface area contributed by atoms with Crippen LogP contribution in [0.2, 0.25) is 0 Å². The second-order valence-corrected chi connectivity index (χ2v) is 10.4. The Bertz CT molecular complexity index is 2080. The van der Waals surface area contributed by atoms with E-state index in [1.807, 2.05) is 0 Å². The molecule has 48 heavy (non-hydrogen) atoms. The molecule has 234 valence electrons. The van der Waals surface area contributed by atoms with Crippen LogP contribution in [0.4, 0.5) is 23.0 Å². The highest BCUT2D eigenvalue weighted by molar-refractivity contribution is 6.35. The maximum atomic E-state index is 13.5. The molecule has 0 N–H and O–H groups in total. The molecule has 0 bridgehead atoms. The summed E-state index contributed by atoms with van der Waals surface area (Å²) in [6, 6.07) is 23.3. The Kier molecular flexibility index (Phi) is 6.90. The van der Waals surface area contributed by atoms with Gasteiger partial charge in [0, 0.05) is 24.3 Å². The molecular formula is C33H17N5O10. The number of nitro groups is 2. The first kappa shape index (κ1) is 29.4. The van der Waals surface area contributed by atoms with Crippen LogP contribution in [0.5, 0.6) is 23.0 Å². The van der Waals surface area contributed by atoms with Crippen molar-refractivity contribution in [2.24, 2.45) is 0 Å². The van der Waals surface area contributed by atoms with Gasteiger partial charge in [0.25, 0.3) is 35.0 Å². The maximum absolute atomic E-state index is 13.5. The fraction of sp³-hybridized carbons (Fsp3) is 0. The predicted molar refractivity (Wildman–Crippen MR) is 166 cm³/mol. The first-order chi connectivity index (χ1) is 23.1. The Labute approximate surface area is 268 Å². The molecule has 2 aliphatic heterocycles. The lowest BCUT2D eigenvalue weighted by Crippen LogP contribution is -2.33. The van der Waals surface area contributed by atoms with Crippen molar-refractivity contribution in [1.82, 2.24) is 4.98 Å². The fourth-order valence-corrected chi connectivity index (χ4v) is 5.19. The highest BCUT2D eigenvalue weighted by Gasteiger charge is 2.41. The summed E-state index contributed by atoms with van der Waals surface area (Å²) in [6.07, 6.45) is 0. The number of hydrogen-bond donors (Lipinski definition) is 0. The van der Waals surface area contributed by atoms with E-state index in [4.69, 9.17) is 9.47 Å². The minimum Gasteiger partial charge on any atom is -0.457 e. The van der Waals surface area contributed by atoms with Crippen molar-refractivity contribution >= 4 is 46.6 Å². The maximum Gasteiger partial charge on any atom is 0.269 e. The molecule has 2 aliphatic rings. The summed E-state index contributed by atoms with van der Waals surface area (Å²) in [4.78, 5) is 80.2. The summed E-state index contributed by atoms with van der Waals surface area (Å²) in [5.41, 5.74) is -0.0564. The van der Waals surface area contributed by atoms with Gasteiger partial charge in [-0.15, -0.1) is 0 Å². The normalized spacial score (nSPS) is 13.4. The number of non-ortho nitro benzene ring substituents is 2. The van der Waals surface area contributed by atoms with E-state index >= 15 is 0 Å². The van der Waals surface area contributed by atoms with Gasteiger partial charge in [-0.3, -0.25) is 39.4 Å². The third kappa shape index (κ3) is 5.02. The van der Waals surface area contributed by atoms with E-state index in [2.05, 4.69) is 4.98 Å². The third-order valence-corrected chi connectivity index (χ3v) is 7.46. The van der Waals surface area contributed by atoms with Crippen LogP contribution < -0.4 is 19.3 Å². The molecule has 0 spiro atoms. The summed E-state index contributed by atoms with van der Waals surface area (Å²) in [5.74, 6) is -2.11. The molecular weight excluding hydrogens is 626 g/mol. The first-order valence-electron chi connectivity index (χ1n) is 14.0. The molecule has 5 aromatic rings. The quantitative estimate of drug-likeness (QED) is 0.108. The molecule has 7 rings (SSSR count). The average molecular weight is 644 g/mol. The molecule has 0 atom stereocenters. The van der Waals surface area contributed by atoms with Gasteiger partial charge in [-0.25, -0.2) is 14.8 Å². The van der Waals surface area contributed by atoms with Crippen molar-refractivity contribution in [2.45, 2.75) is 0 Å². The number of rotatable bonds is 8. The summed E-state index contributed by atoms with van der Waals surface area (Å²) in [6.45, 7) is 0. The van der Waals surface area contributed by atoms with E-state index in [1.54, 1.807) is 0 Å². The Morgan fingerprint density at radius 3 is 1.21 bits per heavy atom. The van der Waals surface area contributed by atoms with E-state index in [1.165, 1.54) is 103 Å². The number of pyridine rings is 1. The molecule has 4 amide bonds. The van der Waals surface area contributed by atoms with E-state index in [0.717, 1.165) is 9.80 Å². The van der Waals surface area contributed by atoms with Crippen molar-refractivity contribution in [3.8, 4) is 23.0 Å². The number of benzene rings is 4. The molecule has 0 radical (unpaired) electrons. The molecule has 0 saturated carbocycles. The van der Waals surface area contributed by atoms with Gasteiger partial charge in [-0.1, -0.05) is 6.07 Å². The predicted octanol–water partition coefficient (Wildman–Crippen LogP) is 6.08. The largest absolute Gasteiger partial charge is 0.457 e. The Balaban J connectivity index is 1.11. The van der Waals surface area contributed by atoms with E-state index in [9.17, 15) is 39.4 Å². The molecule has 4 aromatic carbocycles. The van der Waals surface area contributed by atoms with Crippen molar-refractivity contribution in [1.29, 1.82) is 0 Å². The van der Waals surface area contributed by atoms with Gasteiger partial charge in [0.2, 0.25) is 0 Å². The van der Waals surface area contributed by atoms with Gasteiger partial charge >= 0.3 is 0 Å². The minimum absolute atomic E-state index is 0.0212. The minimum atomic E-state index is -0.718. The monoisotopic (exact) mass is 643 g/mol. The molecule has 0 saturated heterocycles. The number of nitro benzene ring substituents is 2. The number of fused-ring (bicyclic) bond motifs is 2. The fourth-order valence-electron chi connectivity index (χ4n) is 5.19. The lowest BCUT2D eigenvalue weighted by atomic mass is 10.1. The lowest BCUT2D eigenvalue weighted by Gasteiger charge is -2.17. The Morgan fingerprint density at radius 1 is 0.479 bits per heavy atom. The number of ether oxygens (including phenoxy) is 2. The number of amides is 4. The molecule has 15 heteroatoms. The van der Waals surface area contributed by atoms with E-state index < -0.39 is 33.5 Å². The van der Waals surface area contributed by atoms with Gasteiger partial charge in [-0.05, 0) is 72.8 Å². The van der Waals surface area contributed by atoms with Crippen LogP contribution >= 0.6 is 0 Å². The average Bonchev–Trinajstić information content (AvgIpc) is 3.48. The topological polar surface area (TPSA) is 192 Å². The first-order valence-corrected chi connectivity index (χ1v) is 14.0. The lowest BCUT2D eigenvalue weighted by molar-refractivity contribution is -0.385. The number of nitrogens with zero attached hydrogens (tertiary/aromatic N) is 5. The summed E-state index contributed by atoms with van der Waals surface area (Å²) < 4.78 is 11.4.